The van der Waals surface area contributed by atoms with Crippen LogP contribution >= 0.6 is 0 Å². The van der Waals surface area contributed by atoms with E-state index in [0.717, 1.165) is 5.56 Å². The first-order chi connectivity index (χ1) is 8.24. The minimum Gasteiger partial charge on any atom is -0.479 e. The molecular weight excluding hydrogens is 258 g/mol. The van der Waals surface area contributed by atoms with E-state index in [1.165, 1.54) is 13.0 Å². The van der Waals surface area contributed by atoms with Gasteiger partial charge in [0.05, 0.1) is 4.90 Å². The van der Waals surface area contributed by atoms with E-state index in [0.29, 0.717) is 5.56 Å². The van der Waals surface area contributed by atoms with Crippen molar-refractivity contribution in [3.8, 4) is 0 Å². The largest absolute Gasteiger partial charge is 0.479 e. The van der Waals surface area contributed by atoms with Crippen LogP contribution in [0.3, 0.4) is 0 Å². The summed E-state index contributed by atoms with van der Waals surface area (Å²) >= 11 is 0. The molecule has 0 bridgehead atoms. The smallest absolute Gasteiger partial charge is 0.334 e. The first kappa shape index (κ1) is 14.6. The van der Waals surface area contributed by atoms with Crippen molar-refractivity contribution in [1.29, 1.82) is 0 Å². The van der Waals surface area contributed by atoms with Crippen LogP contribution in [-0.4, -0.2) is 25.6 Å². The lowest BCUT2D eigenvalue weighted by Gasteiger charge is -2.11. The van der Waals surface area contributed by atoms with Gasteiger partial charge in [0, 0.05) is 0 Å². The van der Waals surface area contributed by atoms with Crippen molar-refractivity contribution in [2.45, 2.75) is 31.8 Å². The number of hydrogen-bond donors (Lipinski definition) is 2. The summed E-state index contributed by atoms with van der Waals surface area (Å²) in [4.78, 5) is 16.9. The Bertz CT molecular complexity index is 553. The zero-order valence-electron chi connectivity index (χ0n) is 10.3. The normalized spacial score (nSPS) is 13.3. The van der Waals surface area contributed by atoms with Gasteiger partial charge in [0.1, 0.15) is 0 Å². The summed E-state index contributed by atoms with van der Waals surface area (Å²) in [5, 5.41) is 8.58. The SMILES string of the molecule is Cc1ccc(S(=O)(=O)NO[C@H](C)C(=O)O)c(C)c1. The number of benzene rings is 1. The number of rotatable bonds is 5. The Hall–Kier alpha value is -1.44. The molecule has 0 fully saturated rings. The predicted octanol–water partition coefficient (Wildman–Crippen LogP) is 0.986. The minimum absolute atomic E-state index is 0.0608. The van der Waals surface area contributed by atoms with Crippen LogP contribution in [0.4, 0.5) is 0 Å². The van der Waals surface area contributed by atoms with Crippen molar-refractivity contribution < 1.29 is 23.2 Å². The highest BCUT2D eigenvalue weighted by atomic mass is 32.2. The molecule has 1 aromatic rings. The molecule has 0 saturated heterocycles. The van der Waals surface area contributed by atoms with Gasteiger partial charge in [-0.15, -0.1) is 0 Å². The Morgan fingerprint density at radius 2 is 2.00 bits per heavy atom. The van der Waals surface area contributed by atoms with Crippen LogP contribution in [0.5, 0.6) is 0 Å². The van der Waals surface area contributed by atoms with Crippen LogP contribution in [0.2, 0.25) is 0 Å². The second-order valence-electron chi connectivity index (χ2n) is 3.95. The van der Waals surface area contributed by atoms with Gasteiger partial charge in [0.25, 0.3) is 10.0 Å². The minimum atomic E-state index is -3.87. The molecule has 0 spiro atoms. The van der Waals surface area contributed by atoms with Gasteiger partial charge in [0.15, 0.2) is 6.10 Å². The number of carbonyl (C=O) groups is 1. The van der Waals surface area contributed by atoms with Gasteiger partial charge in [-0.25, -0.2) is 13.2 Å². The van der Waals surface area contributed by atoms with Gasteiger partial charge in [-0.1, -0.05) is 22.6 Å². The highest BCUT2D eigenvalue weighted by molar-refractivity contribution is 7.89. The fourth-order valence-electron chi connectivity index (χ4n) is 1.33. The number of hydrogen-bond acceptors (Lipinski definition) is 4. The summed E-state index contributed by atoms with van der Waals surface area (Å²) in [5.41, 5.74) is 1.50. The van der Waals surface area contributed by atoms with E-state index in [1.807, 2.05) is 11.8 Å². The quantitative estimate of drug-likeness (QED) is 0.780. The Balaban J connectivity index is 2.90. The highest BCUT2D eigenvalue weighted by Gasteiger charge is 2.20. The topological polar surface area (TPSA) is 92.7 Å². The molecular formula is C11H15NO5S. The lowest BCUT2D eigenvalue weighted by atomic mass is 10.2. The van der Waals surface area contributed by atoms with E-state index in [9.17, 15) is 13.2 Å². The van der Waals surface area contributed by atoms with Gasteiger partial charge in [-0.3, -0.25) is 4.84 Å². The summed E-state index contributed by atoms with van der Waals surface area (Å²) in [6.07, 6.45) is -1.26. The maximum atomic E-state index is 11.9. The molecule has 0 aromatic heterocycles. The van der Waals surface area contributed by atoms with Crippen LogP contribution in [0, 0.1) is 13.8 Å². The molecule has 0 unspecified atom stereocenters. The summed E-state index contributed by atoms with van der Waals surface area (Å²) < 4.78 is 23.7. The maximum Gasteiger partial charge on any atom is 0.334 e. The molecule has 0 aliphatic rings. The van der Waals surface area contributed by atoms with Crippen molar-refractivity contribution in [2.24, 2.45) is 0 Å². The zero-order chi connectivity index (χ0) is 13.9. The number of carboxylic acids is 1. The van der Waals surface area contributed by atoms with E-state index in [-0.39, 0.29) is 4.90 Å². The number of carboxylic acid groups (broad SMARTS) is 1. The average molecular weight is 273 g/mol. The lowest BCUT2D eigenvalue weighted by Crippen LogP contribution is -2.32. The van der Waals surface area contributed by atoms with Crippen molar-refractivity contribution in [3.05, 3.63) is 29.3 Å². The number of sulfonamides is 1. The van der Waals surface area contributed by atoms with Crippen molar-refractivity contribution >= 4 is 16.0 Å². The molecule has 7 heteroatoms. The summed E-state index contributed by atoms with van der Waals surface area (Å²) in [7, 11) is -3.87. The van der Waals surface area contributed by atoms with Crippen molar-refractivity contribution in [3.63, 3.8) is 0 Å². The van der Waals surface area contributed by atoms with E-state index in [4.69, 9.17) is 5.11 Å². The molecule has 0 amide bonds. The predicted molar refractivity (Wildman–Crippen MR) is 64.4 cm³/mol. The fraction of sp³-hybridized carbons (Fsp3) is 0.364. The van der Waals surface area contributed by atoms with Crippen LogP contribution in [0.15, 0.2) is 23.1 Å². The number of nitrogens with one attached hydrogen (secondary N) is 1. The summed E-state index contributed by atoms with van der Waals surface area (Å²) in [5.74, 6) is -1.25. The summed E-state index contributed by atoms with van der Waals surface area (Å²) in [6, 6.07) is 4.82. The standard InChI is InChI=1S/C11H15NO5S/c1-7-4-5-10(8(2)6-7)18(15,16)12-17-9(3)11(13)14/h4-6,9,12H,1-3H3,(H,13,14)/t9-/m1/s1. The zero-order valence-corrected chi connectivity index (χ0v) is 11.1. The van der Waals surface area contributed by atoms with Gasteiger partial charge < -0.3 is 5.11 Å². The maximum absolute atomic E-state index is 11.9. The highest BCUT2D eigenvalue weighted by Crippen LogP contribution is 2.16. The first-order valence-electron chi connectivity index (χ1n) is 5.21. The number of aliphatic carboxylic acids is 1. The van der Waals surface area contributed by atoms with Crippen LogP contribution < -0.4 is 4.89 Å². The molecule has 100 valence electrons. The van der Waals surface area contributed by atoms with E-state index in [2.05, 4.69) is 4.84 Å². The van der Waals surface area contributed by atoms with Crippen LogP contribution in [-0.2, 0) is 19.7 Å². The Kier molecular flexibility index (Phi) is 4.44. The molecule has 18 heavy (non-hydrogen) atoms. The third-order valence-corrected chi connectivity index (χ3v) is 3.66. The molecule has 1 rings (SSSR count). The van der Waals surface area contributed by atoms with Crippen LogP contribution in [0.25, 0.3) is 0 Å². The molecule has 0 radical (unpaired) electrons. The molecule has 0 aliphatic carbocycles. The Morgan fingerprint density at radius 3 is 2.50 bits per heavy atom. The molecule has 0 heterocycles. The molecule has 0 aliphatic heterocycles. The average Bonchev–Trinajstić information content (AvgIpc) is 2.25. The van der Waals surface area contributed by atoms with Gasteiger partial charge in [-0.05, 0) is 32.4 Å². The Labute approximate surface area is 106 Å². The fourth-order valence-corrected chi connectivity index (χ4v) is 2.42. The van der Waals surface area contributed by atoms with Gasteiger partial charge >= 0.3 is 5.97 Å². The van der Waals surface area contributed by atoms with E-state index < -0.39 is 22.1 Å². The molecule has 1 atom stereocenters. The lowest BCUT2D eigenvalue weighted by molar-refractivity contribution is -0.151. The molecule has 1 aromatic carbocycles. The van der Waals surface area contributed by atoms with Crippen LogP contribution in [0.1, 0.15) is 18.1 Å². The molecule has 2 N–H and O–H groups in total. The van der Waals surface area contributed by atoms with Crippen molar-refractivity contribution in [2.75, 3.05) is 0 Å². The monoisotopic (exact) mass is 273 g/mol. The van der Waals surface area contributed by atoms with E-state index >= 15 is 0 Å². The molecule has 6 nitrogen and oxygen atoms in total. The first-order valence-corrected chi connectivity index (χ1v) is 6.70. The molecule has 0 saturated carbocycles. The third-order valence-electron chi connectivity index (χ3n) is 2.30. The van der Waals surface area contributed by atoms with Gasteiger partial charge in [-0.2, -0.15) is 0 Å². The third kappa shape index (κ3) is 3.52. The van der Waals surface area contributed by atoms with Gasteiger partial charge in [0.2, 0.25) is 0 Å². The number of aryl methyl sites for hydroxylation is 2. The second kappa shape index (κ2) is 5.47. The summed E-state index contributed by atoms with van der Waals surface area (Å²) in [6.45, 7) is 4.73. The second-order valence-corrected chi connectivity index (χ2v) is 5.57. The Morgan fingerprint density at radius 1 is 1.39 bits per heavy atom. The van der Waals surface area contributed by atoms with E-state index in [1.54, 1.807) is 19.1 Å². The van der Waals surface area contributed by atoms with Crippen molar-refractivity contribution in [1.82, 2.24) is 4.89 Å².